The quantitative estimate of drug-likeness (QED) is 0.479. The van der Waals surface area contributed by atoms with Gasteiger partial charge in [0.1, 0.15) is 11.5 Å². The standard InChI is InChI=1S/C22H25N3O7/c1-3-11-23-22(29)25-20(27)14-32-21(28)15-7-9-17(10-8-15)31-13-19(26)24-16-5-4-6-18(12-16)30-2/h4-10,12H,3,11,13-14H2,1-2H3,(H,24,26)(H2,23,25,27,29). The molecule has 10 nitrogen and oxygen atoms in total. The number of hydrogen-bond donors (Lipinski definition) is 3. The monoisotopic (exact) mass is 443 g/mol. The van der Waals surface area contributed by atoms with Crippen molar-refractivity contribution in [3.05, 3.63) is 54.1 Å². The van der Waals surface area contributed by atoms with E-state index in [1.54, 1.807) is 24.3 Å². The van der Waals surface area contributed by atoms with Crippen LogP contribution in [0.4, 0.5) is 10.5 Å². The minimum absolute atomic E-state index is 0.182. The zero-order valence-corrected chi connectivity index (χ0v) is 17.8. The van der Waals surface area contributed by atoms with Crippen molar-refractivity contribution in [2.75, 3.05) is 32.2 Å². The molecule has 4 amide bonds. The van der Waals surface area contributed by atoms with Gasteiger partial charge in [-0.1, -0.05) is 13.0 Å². The summed E-state index contributed by atoms with van der Waals surface area (Å²) >= 11 is 0. The van der Waals surface area contributed by atoms with Crippen molar-refractivity contribution in [1.82, 2.24) is 10.6 Å². The van der Waals surface area contributed by atoms with E-state index >= 15 is 0 Å². The van der Waals surface area contributed by atoms with Gasteiger partial charge < -0.3 is 24.8 Å². The van der Waals surface area contributed by atoms with E-state index in [9.17, 15) is 19.2 Å². The van der Waals surface area contributed by atoms with Gasteiger partial charge in [-0.05, 0) is 42.8 Å². The molecule has 0 heterocycles. The number of carbonyl (C=O) groups excluding carboxylic acids is 4. The molecular formula is C22H25N3O7. The lowest BCUT2D eigenvalue weighted by Crippen LogP contribution is -2.41. The molecule has 2 aromatic carbocycles. The van der Waals surface area contributed by atoms with Gasteiger partial charge in [0.2, 0.25) is 0 Å². The molecule has 0 saturated heterocycles. The molecule has 0 aliphatic rings. The van der Waals surface area contributed by atoms with Crippen LogP contribution in [-0.2, 0) is 14.3 Å². The molecule has 2 rings (SSSR count). The number of rotatable bonds is 10. The highest BCUT2D eigenvalue weighted by Gasteiger charge is 2.13. The SMILES string of the molecule is CCCNC(=O)NC(=O)COC(=O)c1ccc(OCC(=O)Nc2cccc(OC)c2)cc1. The molecule has 0 aliphatic heterocycles. The van der Waals surface area contributed by atoms with Crippen molar-refractivity contribution in [2.45, 2.75) is 13.3 Å². The van der Waals surface area contributed by atoms with E-state index in [2.05, 4.69) is 16.0 Å². The maximum atomic E-state index is 12.0. The van der Waals surface area contributed by atoms with Crippen molar-refractivity contribution in [3.8, 4) is 11.5 Å². The van der Waals surface area contributed by atoms with Crippen LogP contribution in [0.3, 0.4) is 0 Å². The van der Waals surface area contributed by atoms with Crippen LogP contribution in [0.5, 0.6) is 11.5 Å². The Morgan fingerprint density at radius 1 is 0.906 bits per heavy atom. The molecule has 0 spiro atoms. The van der Waals surface area contributed by atoms with E-state index in [1.165, 1.54) is 31.4 Å². The van der Waals surface area contributed by atoms with Gasteiger partial charge in [0, 0.05) is 18.3 Å². The fraction of sp³-hybridized carbons (Fsp3) is 0.273. The number of ether oxygens (including phenoxy) is 3. The zero-order chi connectivity index (χ0) is 23.3. The lowest BCUT2D eigenvalue weighted by molar-refractivity contribution is -0.123. The predicted octanol–water partition coefficient (Wildman–Crippen LogP) is 2.11. The lowest BCUT2D eigenvalue weighted by atomic mass is 10.2. The van der Waals surface area contributed by atoms with Crippen molar-refractivity contribution in [3.63, 3.8) is 0 Å². The van der Waals surface area contributed by atoms with Crippen LogP contribution in [0.15, 0.2) is 48.5 Å². The summed E-state index contributed by atoms with van der Waals surface area (Å²) in [5.41, 5.74) is 0.754. The van der Waals surface area contributed by atoms with E-state index in [0.717, 1.165) is 6.42 Å². The van der Waals surface area contributed by atoms with E-state index in [0.29, 0.717) is 23.7 Å². The first-order chi connectivity index (χ1) is 15.4. The molecule has 2 aromatic rings. The van der Waals surface area contributed by atoms with Crippen LogP contribution in [-0.4, -0.2) is 50.7 Å². The van der Waals surface area contributed by atoms with Gasteiger partial charge >= 0.3 is 12.0 Å². The Hall–Kier alpha value is -4.08. The summed E-state index contributed by atoms with van der Waals surface area (Å²) in [5.74, 6) is -0.864. The lowest BCUT2D eigenvalue weighted by Gasteiger charge is -2.09. The van der Waals surface area contributed by atoms with Gasteiger partial charge in [0.25, 0.3) is 11.8 Å². The second-order valence-corrected chi connectivity index (χ2v) is 6.47. The molecule has 0 unspecified atom stereocenters. The van der Waals surface area contributed by atoms with Crippen molar-refractivity contribution < 1.29 is 33.4 Å². The molecule has 0 fully saturated rings. The Kier molecular flexibility index (Phi) is 9.51. The van der Waals surface area contributed by atoms with Crippen LogP contribution < -0.4 is 25.4 Å². The highest BCUT2D eigenvalue weighted by atomic mass is 16.5. The summed E-state index contributed by atoms with van der Waals surface area (Å²) in [7, 11) is 1.53. The molecule has 0 bridgehead atoms. The summed E-state index contributed by atoms with van der Waals surface area (Å²) in [6, 6.07) is 12.1. The number of nitrogens with one attached hydrogen (secondary N) is 3. The Labute approximate surface area is 185 Å². The molecule has 0 saturated carbocycles. The number of anilines is 1. The maximum absolute atomic E-state index is 12.0. The van der Waals surface area contributed by atoms with Crippen LogP contribution in [0, 0.1) is 0 Å². The molecule has 0 aliphatic carbocycles. The van der Waals surface area contributed by atoms with Crippen LogP contribution in [0.2, 0.25) is 0 Å². The smallest absolute Gasteiger partial charge is 0.338 e. The van der Waals surface area contributed by atoms with E-state index in [-0.39, 0.29) is 18.1 Å². The summed E-state index contributed by atoms with van der Waals surface area (Å²) in [6.07, 6.45) is 0.725. The topological polar surface area (TPSA) is 132 Å². The summed E-state index contributed by atoms with van der Waals surface area (Å²) in [4.78, 5) is 47.0. The van der Waals surface area contributed by atoms with E-state index < -0.39 is 24.5 Å². The van der Waals surface area contributed by atoms with E-state index in [4.69, 9.17) is 14.2 Å². The Bertz CT molecular complexity index is 945. The number of hydrogen-bond acceptors (Lipinski definition) is 7. The summed E-state index contributed by atoms with van der Waals surface area (Å²) in [5, 5.41) is 7.20. The Morgan fingerprint density at radius 2 is 1.66 bits per heavy atom. The third-order valence-corrected chi connectivity index (χ3v) is 3.94. The number of imide groups is 1. The molecule has 170 valence electrons. The van der Waals surface area contributed by atoms with Gasteiger partial charge in [-0.15, -0.1) is 0 Å². The Morgan fingerprint density at radius 3 is 2.34 bits per heavy atom. The minimum Gasteiger partial charge on any atom is -0.497 e. The fourth-order valence-corrected chi connectivity index (χ4v) is 2.39. The third kappa shape index (κ3) is 8.34. The highest BCUT2D eigenvalue weighted by Crippen LogP contribution is 2.17. The number of carbonyl (C=O) groups is 4. The number of esters is 1. The highest BCUT2D eigenvalue weighted by molar-refractivity contribution is 5.97. The average Bonchev–Trinajstić information content (AvgIpc) is 2.80. The molecular weight excluding hydrogens is 418 g/mol. The third-order valence-electron chi connectivity index (χ3n) is 3.94. The molecule has 10 heteroatoms. The zero-order valence-electron chi connectivity index (χ0n) is 17.8. The number of benzene rings is 2. The van der Waals surface area contributed by atoms with Crippen molar-refractivity contribution in [1.29, 1.82) is 0 Å². The Balaban J connectivity index is 1.75. The van der Waals surface area contributed by atoms with E-state index in [1.807, 2.05) is 6.92 Å². The number of amides is 4. The largest absolute Gasteiger partial charge is 0.497 e. The number of methoxy groups -OCH3 is 1. The first-order valence-corrected chi connectivity index (χ1v) is 9.82. The second kappa shape index (κ2) is 12.6. The number of urea groups is 1. The molecule has 3 N–H and O–H groups in total. The van der Waals surface area contributed by atoms with Crippen LogP contribution in [0.1, 0.15) is 23.7 Å². The molecule has 32 heavy (non-hydrogen) atoms. The first kappa shape index (κ1) is 24.2. The van der Waals surface area contributed by atoms with Crippen molar-refractivity contribution >= 4 is 29.5 Å². The van der Waals surface area contributed by atoms with Gasteiger partial charge in [-0.25, -0.2) is 9.59 Å². The van der Waals surface area contributed by atoms with Crippen LogP contribution in [0.25, 0.3) is 0 Å². The molecule has 0 radical (unpaired) electrons. The normalized spacial score (nSPS) is 9.94. The molecule has 0 aromatic heterocycles. The van der Waals surface area contributed by atoms with Gasteiger partial charge in [0.15, 0.2) is 13.2 Å². The van der Waals surface area contributed by atoms with Gasteiger partial charge in [-0.2, -0.15) is 0 Å². The van der Waals surface area contributed by atoms with Gasteiger partial charge in [-0.3, -0.25) is 14.9 Å². The first-order valence-electron chi connectivity index (χ1n) is 9.82. The summed E-state index contributed by atoms with van der Waals surface area (Å²) in [6.45, 7) is 1.47. The molecule has 0 atom stereocenters. The predicted molar refractivity (Wildman–Crippen MR) is 116 cm³/mol. The second-order valence-electron chi connectivity index (χ2n) is 6.47. The summed E-state index contributed by atoms with van der Waals surface area (Å²) < 4.78 is 15.4. The van der Waals surface area contributed by atoms with Gasteiger partial charge in [0.05, 0.1) is 12.7 Å². The minimum atomic E-state index is -0.742. The van der Waals surface area contributed by atoms with Crippen LogP contribution >= 0.6 is 0 Å². The average molecular weight is 443 g/mol. The maximum Gasteiger partial charge on any atom is 0.338 e. The fourth-order valence-electron chi connectivity index (χ4n) is 2.39. The van der Waals surface area contributed by atoms with Crippen molar-refractivity contribution in [2.24, 2.45) is 0 Å².